The lowest BCUT2D eigenvalue weighted by Crippen LogP contribution is -2.51. The summed E-state index contributed by atoms with van der Waals surface area (Å²) in [7, 11) is 3.21. The summed E-state index contributed by atoms with van der Waals surface area (Å²) in [5.74, 6) is 2.02. The maximum absolute atomic E-state index is 13.1. The second kappa shape index (κ2) is 10.6. The molecule has 1 aliphatic heterocycles. The fourth-order valence-corrected chi connectivity index (χ4v) is 4.49. The van der Waals surface area contributed by atoms with Gasteiger partial charge in [0.25, 0.3) is 5.91 Å². The first-order valence-corrected chi connectivity index (χ1v) is 11.6. The highest BCUT2D eigenvalue weighted by atomic mass is 16.5. The number of piperazine rings is 1. The molecule has 2 aliphatic rings. The van der Waals surface area contributed by atoms with Crippen LogP contribution >= 0.6 is 0 Å². The fourth-order valence-electron chi connectivity index (χ4n) is 4.49. The zero-order valence-electron chi connectivity index (χ0n) is 19.4. The number of hydrogen-bond donors (Lipinski definition) is 0. The smallest absolute Gasteiger partial charge is 0.254 e. The summed E-state index contributed by atoms with van der Waals surface area (Å²) in [5, 5.41) is 0. The Balaban J connectivity index is 1.33. The van der Waals surface area contributed by atoms with Crippen LogP contribution in [0.3, 0.4) is 0 Å². The van der Waals surface area contributed by atoms with Crippen molar-refractivity contribution in [3.8, 4) is 17.2 Å². The van der Waals surface area contributed by atoms with Gasteiger partial charge in [-0.05, 0) is 61.6 Å². The maximum Gasteiger partial charge on any atom is 0.254 e. The van der Waals surface area contributed by atoms with E-state index in [0.29, 0.717) is 49.7 Å². The molecule has 2 aromatic rings. The SMILES string of the molecule is COc1cccc(CC(=O)N2CCN(C(=O)c3ccc(OC4CCCC4)c(OC)c3)CC2)c1. The summed E-state index contributed by atoms with van der Waals surface area (Å²) in [5.41, 5.74) is 1.49. The van der Waals surface area contributed by atoms with E-state index in [0.717, 1.165) is 24.2 Å². The monoisotopic (exact) mass is 452 g/mol. The standard InChI is InChI=1S/C26H32N2O5/c1-31-22-9-5-6-19(16-22)17-25(29)27-12-14-28(15-13-27)26(30)20-10-11-23(24(18-20)32-2)33-21-7-3-4-8-21/h5-6,9-11,16,18,21H,3-4,7-8,12-15,17H2,1-2H3. The van der Waals surface area contributed by atoms with Gasteiger partial charge in [0.15, 0.2) is 11.5 Å². The topological polar surface area (TPSA) is 68.3 Å². The van der Waals surface area contributed by atoms with E-state index in [-0.39, 0.29) is 17.9 Å². The Morgan fingerprint density at radius 3 is 2.30 bits per heavy atom. The Bertz CT molecular complexity index is 978. The average Bonchev–Trinajstić information content (AvgIpc) is 3.37. The van der Waals surface area contributed by atoms with Crippen LogP contribution < -0.4 is 14.2 Å². The highest BCUT2D eigenvalue weighted by Crippen LogP contribution is 2.32. The number of nitrogens with zero attached hydrogens (tertiary/aromatic N) is 2. The van der Waals surface area contributed by atoms with Gasteiger partial charge in [-0.15, -0.1) is 0 Å². The first kappa shape index (κ1) is 23.0. The van der Waals surface area contributed by atoms with Gasteiger partial charge in [0, 0.05) is 31.7 Å². The molecule has 7 heteroatoms. The van der Waals surface area contributed by atoms with E-state index in [1.54, 1.807) is 31.3 Å². The van der Waals surface area contributed by atoms with Gasteiger partial charge in [0.05, 0.1) is 26.7 Å². The van der Waals surface area contributed by atoms with E-state index in [9.17, 15) is 9.59 Å². The maximum atomic E-state index is 13.1. The third kappa shape index (κ3) is 5.59. The second-order valence-corrected chi connectivity index (χ2v) is 8.59. The molecule has 2 aromatic carbocycles. The highest BCUT2D eigenvalue weighted by Gasteiger charge is 2.26. The van der Waals surface area contributed by atoms with Crippen LogP contribution in [-0.4, -0.2) is 68.1 Å². The van der Waals surface area contributed by atoms with Crippen LogP contribution in [0.5, 0.6) is 17.2 Å². The molecule has 0 unspecified atom stereocenters. The average molecular weight is 453 g/mol. The van der Waals surface area contributed by atoms with Gasteiger partial charge in [-0.3, -0.25) is 9.59 Å². The quantitative estimate of drug-likeness (QED) is 0.643. The number of hydrogen-bond acceptors (Lipinski definition) is 5. The van der Waals surface area contributed by atoms with Gasteiger partial charge >= 0.3 is 0 Å². The molecule has 2 amide bonds. The molecule has 33 heavy (non-hydrogen) atoms. The Morgan fingerprint density at radius 1 is 0.879 bits per heavy atom. The van der Waals surface area contributed by atoms with Crippen molar-refractivity contribution in [2.24, 2.45) is 0 Å². The van der Waals surface area contributed by atoms with Crippen molar-refractivity contribution in [2.75, 3.05) is 40.4 Å². The predicted octanol–water partition coefficient (Wildman–Crippen LogP) is 3.55. The molecule has 0 radical (unpaired) electrons. The van der Waals surface area contributed by atoms with E-state index >= 15 is 0 Å². The molecule has 0 N–H and O–H groups in total. The predicted molar refractivity (Wildman–Crippen MR) is 125 cm³/mol. The Kier molecular flexibility index (Phi) is 7.37. The van der Waals surface area contributed by atoms with Crippen molar-refractivity contribution in [1.82, 2.24) is 9.80 Å². The van der Waals surface area contributed by atoms with E-state index < -0.39 is 0 Å². The molecule has 0 bridgehead atoms. The highest BCUT2D eigenvalue weighted by molar-refractivity contribution is 5.95. The molecule has 7 nitrogen and oxygen atoms in total. The Morgan fingerprint density at radius 2 is 1.61 bits per heavy atom. The number of ether oxygens (including phenoxy) is 3. The lowest BCUT2D eigenvalue weighted by Gasteiger charge is -2.35. The molecule has 1 heterocycles. The lowest BCUT2D eigenvalue weighted by atomic mass is 10.1. The van der Waals surface area contributed by atoms with E-state index in [4.69, 9.17) is 14.2 Å². The molecular formula is C26H32N2O5. The van der Waals surface area contributed by atoms with Crippen molar-refractivity contribution in [2.45, 2.75) is 38.2 Å². The summed E-state index contributed by atoms with van der Waals surface area (Å²) < 4.78 is 16.8. The van der Waals surface area contributed by atoms with Gasteiger partial charge in [-0.1, -0.05) is 12.1 Å². The number of amides is 2. The van der Waals surface area contributed by atoms with Crippen LogP contribution in [0.2, 0.25) is 0 Å². The van der Waals surface area contributed by atoms with Gasteiger partial charge in [-0.2, -0.15) is 0 Å². The van der Waals surface area contributed by atoms with Crippen LogP contribution in [-0.2, 0) is 11.2 Å². The van der Waals surface area contributed by atoms with Crippen LogP contribution in [0.4, 0.5) is 0 Å². The molecule has 0 aromatic heterocycles. The zero-order chi connectivity index (χ0) is 23.2. The fraction of sp³-hybridized carbons (Fsp3) is 0.462. The van der Waals surface area contributed by atoms with Crippen molar-refractivity contribution in [3.05, 3.63) is 53.6 Å². The molecule has 1 saturated heterocycles. The van der Waals surface area contributed by atoms with Crippen molar-refractivity contribution >= 4 is 11.8 Å². The first-order chi connectivity index (χ1) is 16.1. The molecular weight excluding hydrogens is 420 g/mol. The van der Waals surface area contributed by atoms with E-state index in [2.05, 4.69) is 0 Å². The van der Waals surface area contributed by atoms with E-state index in [1.165, 1.54) is 12.8 Å². The Labute approximate surface area is 195 Å². The van der Waals surface area contributed by atoms with Gasteiger partial charge in [-0.25, -0.2) is 0 Å². The lowest BCUT2D eigenvalue weighted by molar-refractivity contribution is -0.131. The minimum Gasteiger partial charge on any atom is -0.497 e. The van der Waals surface area contributed by atoms with Crippen molar-refractivity contribution in [1.29, 1.82) is 0 Å². The first-order valence-electron chi connectivity index (χ1n) is 11.6. The number of carbonyl (C=O) groups is 2. The van der Waals surface area contributed by atoms with Crippen molar-refractivity contribution < 1.29 is 23.8 Å². The second-order valence-electron chi connectivity index (χ2n) is 8.59. The molecule has 1 aliphatic carbocycles. The summed E-state index contributed by atoms with van der Waals surface area (Å²) in [6.07, 6.45) is 5.05. The summed E-state index contributed by atoms with van der Waals surface area (Å²) >= 11 is 0. The van der Waals surface area contributed by atoms with E-state index in [1.807, 2.05) is 35.2 Å². The summed E-state index contributed by atoms with van der Waals surface area (Å²) in [4.78, 5) is 29.4. The minimum absolute atomic E-state index is 0.0550. The van der Waals surface area contributed by atoms with Gasteiger partial charge < -0.3 is 24.0 Å². The van der Waals surface area contributed by atoms with Crippen LogP contribution in [0.15, 0.2) is 42.5 Å². The third-order valence-electron chi connectivity index (χ3n) is 6.42. The molecule has 1 saturated carbocycles. The molecule has 0 atom stereocenters. The molecule has 176 valence electrons. The minimum atomic E-state index is -0.0550. The number of benzene rings is 2. The van der Waals surface area contributed by atoms with Crippen LogP contribution in [0, 0.1) is 0 Å². The molecule has 2 fully saturated rings. The van der Waals surface area contributed by atoms with Gasteiger partial charge in [0.2, 0.25) is 5.91 Å². The molecule has 4 rings (SSSR count). The van der Waals surface area contributed by atoms with Crippen molar-refractivity contribution in [3.63, 3.8) is 0 Å². The summed E-state index contributed by atoms with van der Waals surface area (Å²) in [6, 6.07) is 12.9. The number of rotatable bonds is 7. The summed E-state index contributed by atoms with van der Waals surface area (Å²) in [6.45, 7) is 2.06. The number of carbonyl (C=O) groups excluding carboxylic acids is 2. The third-order valence-corrected chi connectivity index (χ3v) is 6.42. The molecule has 0 spiro atoms. The largest absolute Gasteiger partial charge is 0.497 e. The Hall–Kier alpha value is -3.22. The van der Waals surface area contributed by atoms with Gasteiger partial charge in [0.1, 0.15) is 5.75 Å². The zero-order valence-corrected chi connectivity index (χ0v) is 19.4. The number of methoxy groups -OCH3 is 2. The van der Waals surface area contributed by atoms with Crippen LogP contribution in [0.1, 0.15) is 41.6 Å². The van der Waals surface area contributed by atoms with Crippen LogP contribution in [0.25, 0.3) is 0 Å². The normalized spacial score (nSPS) is 16.5.